The van der Waals surface area contributed by atoms with E-state index in [9.17, 15) is 14.9 Å². The average molecular weight is 577 g/mol. The lowest BCUT2D eigenvalue weighted by atomic mass is 9.76. The molecule has 1 aromatic heterocycles. The second kappa shape index (κ2) is 11.2. The van der Waals surface area contributed by atoms with Gasteiger partial charge in [-0.1, -0.05) is 59.0 Å². The van der Waals surface area contributed by atoms with Crippen LogP contribution in [0.4, 0.5) is 10.8 Å². The molecule has 1 amide bonds. The number of Topliss-reactive ketones (excluding diaryl/α,β-unsaturated/α-hetero) is 1. The van der Waals surface area contributed by atoms with E-state index in [1.165, 1.54) is 23.1 Å². The zero-order chi connectivity index (χ0) is 27.7. The number of aromatic nitrogens is 2. The Morgan fingerprint density at radius 3 is 2.77 bits per heavy atom. The molecule has 0 radical (unpaired) electrons. The van der Waals surface area contributed by atoms with Crippen molar-refractivity contribution in [1.29, 1.82) is 5.26 Å². The van der Waals surface area contributed by atoms with Crippen molar-refractivity contribution in [2.75, 3.05) is 16.0 Å². The highest BCUT2D eigenvalue weighted by atomic mass is 35.5. The minimum atomic E-state index is -0.640. The number of benzene rings is 2. The van der Waals surface area contributed by atoms with E-state index in [1.54, 1.807) is 17.0 Å². The number of hydrogen-bond acceptors (Lipinski definition) is 9. The van der Waals surface area contributed by atoms with Crippen LogP contribution in [0, 0.1) is 25.2 Å². The third kappa shape index (κ3) is 5.30. The number of anilines is 2. The highest BCUT2D eigenvalue weighted by Gasteiger charge is 2.41. The molecule has 3 aromatic rings. The Hall–Kier alpha value is -3.65. The molecule has 11 heteroatoms. The van der Waals surface area contributed by atoms with Gasteiger partial charge in [-0.15, -0.1) is 10.2 Å². The van der Waals surface area contributed by atoms with Gasteiger partial charge in [-0.2, -0.15) is 5.26 Å². The molecular weight excluding hydrogens is 552 g/mol. The van der Waals surface area contributed by atoms with Gasteiger partial charge in [0, 0.05) is 28.4 Å². The first kappa shape index (κ1) is 26.9. The zero-order valence-electron chi connectivity index (χ0n) is 21.3. The number of ketones is 1. The third-order valence-electron chi connectivity index (χ3n) is 6.83. The van der Waals surface area contributed by atoms with Crippen molar-refractivity contribution >= 4 is 57.2 Å². The van der Waals surface area contributed by atoms with Crippen molar-refractivity contribution in [3.8, 4) is 6.07 Å². The average Bonchev–Trinajstić information content (AvgIpc) is 3.38. The molecule has 198 valence electrons. The Kier molecular flexibility index (Phi) is 7.75. The second-order valence-corrected chi connectivity index (χ2v) is 11.9. The summed E-state index contributed by atoms with van der Waals surface area (Å²) in [6.45, 7) is 4.02. The van der Waals surface area contributed by atoms with Gasteiger partial charge in [0.15, 0.2) is 10.1 Å². The summed E-state index contributed by atoms with van der Waals surface area (Å²) in [7, 11) is 0. The highest BCUT2D eigenvalue weighted by Crippen LogP contribution is 2.48. The van der Waals surface area contributed by atoms with Gasteiger partial charge < -0.3 is 11.1 Å². The number of nitrogens with two attached hydrogens (primary N) is 1. The van der Waals surface area contributed by atoms with Crippen LogP contribution in [0.1, 0.15) is 41.9 Å². The van der Waals surface area contributed by atoms with Crippen molar-refractivity contribution in [3.63, 3.8) is 0 Å². The summed E-state index contributed by atoms with van der Waals surface area (Å²) in [6, 6.07) is 15.2. The topological polar surface area (TPSA) is 125 Å². The molecule has 0 spiro atoms. The van der Waals surface area contributed by atoms with Crippen molar-refractivity contribution in [1.82, 2.24) is 10.2 Å². The van der Waals surface area contributed by atoms with Crippen LogP contribution < -0.4 is 16.0 Å². The molecule has 2 aliphatic rings. The first-order chi connectivity index (χ1) is 18.8. The monoisotopic (exact) mass is 576 g/mol. The number of nitrogens with zero attached hydrogens (tertiary/aromatic N) is 4. The van der Waals surface area contributed by atoms with E-state index in [4.69, 9.17) is 17.3 Å². The van der Waals surface area contributed by atoms with Gasteiger partial charge in [0.1, 0.15) is 5.82 Å². The number of rotatable bonds is 6. The molecule has 1 atom stereocenters. The predicted molar refractivity (Wildman–Crippen MR) is 155 cm³/mol. The number of hydrogen-bond donors (Lipinski definition) is 2. The normalized spacial score (nSPS) is 17.2. The summed E-state index contributed by atoms with van der Waals surface area (Å²) < 4.78 is 0.573. The Bertz CT molecular complexity index is 1590. The van der Waals surface area contributed by atoms with Crippen LogP contribution >= 0.6 is 34.7 Å². The first-order valence-corrected chi connectivity index (χ1v) is 14.5. The molecule has 8 nitrogen and oxygen atoms in total. The number of aryl methyl sites for hydroxylation is 2. The molecule has 5 rings (SSSR count). The van der Waals surface area contributed by atoms with Crippen LogP contribution in [0.15, 0.2) is 69.5 Å². The highest BCUT2D eigenvalue weighted by molar-refractivity contribution is 8.01. The second-order valence-electron chi connectivity index (χ2n) is 9.32. The predicted octanol–water partition coefficient (Wildman–Crippen LogP) is 5.84. The molecule has 1 unspecified atom stereocenters. The SMILES string of the molecule is Cc1ccc(NC(=O)CSc2nnc(N3C(N)=C(C#N)C(c4ccccc4Cl)C4=C3CCCC4=O)s2)cc1C. The largest absolute Gasteiger partial charge is 0.384 e. The smallest absolute Gasteiger partial charge is 0.234 e. The molecule has 0 fully saturated rings. The maximum atomic E-state index is 13.3. The molecule has 39 heavy (non-hydrogen) atoms. The van der Waals surface area contributed by atoms with Crippen LogP contribution in [0.3, 0.4) is 0 Å². The van der Waals surface area contributed by atoms with Gasteiger partial charge in [-0.25, -0.2) is 0 Å². The lowest BCUT2D eigenvalue weighted by Crippen LogP contribution is -2.38. The Balaban J connectivity index is 1.41. The number of thioether (sulfide) groups is 1. The summed E-state index contributed by atoms with van der Waals surface area (Å²) >= 11 is 9.03. The molecule has 3 N–H and O–H groups in total. The van der Waals surface area contributed by atoms with Crippen molar-refractivity contribution in [2.24, 2.45) is 5.73 Å². The number of allylic oxidation sites excluding steroid dienone is 3. The van der Waals surface area contributed by atoms with Gasteiger partial charge >= 0.3 is 0 Å². The van der Waals surface area contributed by atoms with Crippen LogP contribution in [0.5, 0.6) is 0 Å². The van der Waals surface area contributed by atoms with E-state index in [2.05, 4.69) is 21.6 Å². The summed E-state index contributed by atoms with van der Waals surface area (Å²) in [5.41, 5.74) is 11.8. The zero-order valence-corrected chi connectivity index (χ0v) is 23.7. The number of nitrogens with one attached hydrogen (secondary N) is 1. The van der Waals surface area contributed by atoms with Crippen molar-refractivity contribution in [2.45, 2.75) is 43.4 Å². The van der Waals surface area contributed by atoms with Crippen molar-refractivity contribution in [3.05, 3.63) is 86.8 Å². The van der Waals surface area contributed by atoms with Crippen LogP contribution in [0.25, 0.3) is 0 Å². The minimum absolute atomic E-state index is 0.0338. The van der Waals surface area contributed by atoms with E-state index in [1.807, 2.05) is 44.2 Å². The fourth-order valence-corrected chi connectivity index (χ4v) is 6.75. The van der Waals surface area contributed by atoms with Gasteiger partial charge in [-0.05, 0) is 61.6 Å². The summed E-state index contributed by atoms with van der Waals surface area (Å²) in [5, 5.41) is 22.5. The third-order valence-corrected chi connectivity index (χ3v) is 9.22. The standard InChI is InChI=1S/C28H25ClN6O2S2/c1-15-10-11-17(12-16(15)2)32-23(37)14-38-28-34-33-27(39-28)35-21-8-5-9-22(36)25(21)24(19(13-30)26(35)31)18-6-3-4-7-20(18)29/h3-4,6-7,10-12,24H,5,8-9,14,31H2,1-2H3,(H,32,37). The first-order valence-electron chi connectivity index (χ1n) is 12.3. The van der Waals surface area contributed by atoms with Crippen molar-refractivity contribution < 1.29 is 9.59 Å². The lowest BCUT2D eigenvalue weighted by molar-refractivity contribution is -0.116. The van der Waals surface area contributed by atoms with Crippen LogP contribution in [-0.4, -0.2) is 27.6 Å². The number of nitriles is 1. The molecule has 1 aliphatic carbocycles. The Labute approximate surface area is 239 Å². The molecule has 2 heterocycles. The fraction of sp³-hybridized carbons (Fsp3) is 0.250. The molecule has 1 aliphatic heterocycles. The molecular formula is C28H25ClN6O2S2. The van der Waals surface area contributed by atoms with Crippen LogP contribution in [0.2, 0.25) is 5.02 Å². The Morgan fingerprint density at radius 2 is 2.03 bits per heavy atom. The number of halogens is 1. The maximum Gasteiger partial charge on any atom is 0.234 e. The quantitative estimate of drug-likeness (QED) is 0.350. The van der Waals surface area contributed by atoms with Gasteiger partial charge in [-0.3, -0.25) is 14.5 Å². The van der Waals surface area contributed by atoms with Crippen LogP contribution in [-0.2, 0) is 9.59 Å². The van der Waals surface area contributed by atoms with E-state index in [0.29, 0.717) is 50.6 Å². The maximum absolute atomic E-state index is 13.3. The minimum Gasteiger partial charge on any atom is -0.384 e. The van der Waals surface area contributed by atoms with Gasteiger partial charge in [0.25, 0.3) is 0 Å². The summed E-state index contributed by atoms with van der Waals surface area (Å²) in [5.74, 6) is -0.477. The van der Waals surface area contributed by atoms with Gasteiger partial charge in [0.2, 0.25) is 11.0 Å². The van der Waals surface area contributed by atoms with E-state index in [-0.39, 0.29) is 28.8 Å². The molecule has 2 aromatic carbocycles. The molecule has 0 saturated carbocycles. The molecule has 0 saturated heterocycles. The number of carbonyl (C=O) groups excluding carboxylic acids is 2. The summed E-state index contributed by atoms with van der Waals surface area (Å²) in [6.07, 6.45) is 1.65. The fourth-order valence-electron chi connectivity index (χ4n) is 4.82. The van der Waals surface area contributed by atoms with Gasteiger partial charge in [0.05, 0.1) is 23.3 Å². The van der Waals surface area contributed by atoms with E-state index < -0.39 is 5.92 Å². The van der Waals surface area contributed by atoms with E-state index >= 15 is 0 Å². The van der Waals surface area contributed by atoms with E-state index in [0.717, 1.165) is 16.8 Å². The Morgan fingerprint density at radius 1 is 1.23 bits per heavy atom. The number of amides is 1. The summed E-state index contributed by atoms with van der Waals surface area (Å²) in [4.78, 5) is 27.5. The molecule has 0 bridgehead atoms. The number of carbonyl (C=O) groups is 2. The lowest BCUT2D eigenvalue weighted by Gasteiger charge is -2.38.